The molecule has 9 nitrogen and oxygen atoms in total. The van der Waals surface area contributed by atoms with Crippen LogP contribution in [0.15, 0.2) is 47.0 Å². The molecule has 1 amide bonds. The molecule has 0 aliphatic heterocycles. The van der Waals surface area contributed by atoms with Gasteiger partial charge in [-0.15, -0.1) is 0 Å². The number of hydrogen-bond donors (Lipinski definition) is 0. The van der Waals surface area contributed by atoms with Crippen LogP contribution in [0.4, 0.5) is 0 Å². The maximum Gasteiger partial charge on any atom is 0.263 e. The van der Waals surface area contributed by atoms with Gasteiger partial charge in [-0.1, -0.05) is 5.16 Å². The highest BCUT2D eigenvalue weighted by Gasteiger charge is 2.22. The van der Waals surface area contributed by atoms with Crippen LogP contribution in [0.1, 0.15) is 12.8 Å². The molecule has 0 aliphatic rings. The Labute approximate surface area is 180 Å². The summed E-state index contributed by atoms with van der Waals surface area (Å²) in [7, 11) is 6.36. The van der Waals surface area contributed by atoms with E-state index in [4.69, 9.17) is 23.5 Å². The zero-order valence-electron chi connectivity index (χ0n) is 18.1. The van der Waals surface area contributed by atoms with Gasteiger partial charge >= 0.3 is 0 Å². The highest BCUT2D eigenvalue weighted by Crippen LogP contribution is 2.31. The molecular weight excluding hydrogens is 402 g/mol. The molecule has 3 rings (SSSR count). The second kappa shape index (κ2) is 9.84. The molecule has 2 aromatic carbocycles. The Morgan fingerprint density at radius 3 is 2.29 bits per heavy atom. The van der Waals surface area contributed by atoms with Crippen molar-refractivity contribution < 1.29 is 28.3 Å². The summed E-state index contributed by atoms with van der Waals surface area (Å²) >= 11 is 0. The SMILES string of the molecule is COc1ccc(OC(C)C(=O)N(C)Cc2nc(-c3ccc(OC)cc3OC)no2)cc1. The molecule has 0 spiro atoms. The van der Waals surface area contributed by atoms with Crippen molar-refractivity contribution in [3.63, 3.8) is 0 Å². The molecule has 1 aromatic heterocycles. The number of ether oxygens (including phenoxy) is 4. The van der Waals surface area contributed by atoms with E-state index in [1.807, 2.05) is 0 Å². The summed E-state index contributed by atoms with van der Waals surface area (Å²) in [5, 5.41) is 4.00. The topological polar surface area (TPSA) is 96.2 Å². The van der Waals surface area contributed by atoms with Crippen LogP contribution in [0.5, 0.6) is 23.0 Å². The quantitative estimate of drug-likeness (QED) is 0.514. The Hall–Kier alpha value is -3.75. The van der Waals surface area contributed by atoms with Crippen molar-refractivity contribution >= 4 is 5.91 Å². The van der Waals surface area contributed by atoms with Gasteiger partial charge in [0.1, 0.15) is 23.0 Å². The molecule has 3 aromatic rings. The summed E-state index contributed by atoms with van der Waals surface area (Å²) in [6.45, 7) is 1.82. The van der Waals surface area contributed by atoms with Crippen molar-refractivity contribution in [2.24, 2.45) is 0 Å². The summed E-state index contributed by atoms with van der Waals surface area (Å²) in [6, 6.07) is 12.3. The molecule has 0 bridgehead atoms. The van der Waals surface area contributed by atoms with E-state index < -0.39 is 6.10 Å². The minimum absolute atomic E-state index is 0.140. The number of nitrogens with zero attached hydrogens (tertiary/aromatic N) is 3. The molecule has 31 heavy (non-hydrogen) atoms. The Kier molecular flexibility index (Phi) is 6.96. The van der Waals surface area contributed by atoms with E-state index in [0.717, 1.165) is 0 Å². The van der Waals surface area contributed by atoms with Gasteiger partial charge in [-0.2, -0.15) is 4.98 Å². The lowest BCUT2D eigenvalue weighted by molar-refractivity contribution is -0.137. The van der Waals surface area contributed by atoms with Gasteiger partial charge in [-0.3, -0.25) is 4.79 Å². The minimum atomic E-state index is -0.692. The Morgan fingerprint density at radius 1 is 1.00 bits per heavy atom. The second-order valence-corrected chi connectivity index (χ2v) is 6.71. The lowest BCUT2D eigenvalue weighted by Gasteiger charge is -2.20. The van der Waals surface area contributed by atoms with Crippen molar-refractivity contribution in [2.45, 2.75) is 19.6 Å². The van der Waals surface area contributed by atoms with Crippen molar-refractivity contribution in [3.05, 3.63) is 48.4 Å². The number of aromatic nitrogens is 2. The Balaban J connectivity index is 1.64. The van der Waals surface area contributed by atoms with E-state index in [-0.39, 0.29) is 12.5 Å². The van der Waals surface area contributed by atoms with E-state index in [9.17, 15) is 4.79 Å². The second-order valence-electron chi connectivity index (χ2n) is 6.71. The molecular formula is C22H25N3O6. The van der Waals surface area contributed by atoms with Crippen LogP contribution in [-0.2, 0) is 11.3 Å². The van der Waals surface area contributed by atoms with Crippen LogP contribution in [-0.4, -0.2) is 55.4 Å². The third-order valence-corrected chi connectivity index (χ3v) is 4.59. The van der Waals surface area contributed by atoms with E-state index >= 15 is 0 Å². The number of carbonyl (C=O) groups excluding carboxylic acids is 1. The van der Waals surface area contributed by atoms with E-state index in [0.29, 0.717) is 40.3 Å². The largest absolute Gasteiger partial charge is 0.497 e. The van der Waals surface area contributed by atoms with Crippen molar-refractivity contribution in [1.29, 1.82) is 0 Å². The smallest absolute Gasteiger partial charge is 0.263 e. The summed E-state index contributed by atoms with van der Waals surface area (Å²) < 4.78 is 26.7. The molecule has 0 radical (unpaired) electrons. The van der Waals surface area contributed by atoms with Crippen molar-refractivity contribution in [3.8, 4) is 34.4 Å². The lowest BCUT2D eigenvalue weighted by atomic mass is 10.2. The van der Waals surface area contributed by atoms with Gasteiger partial charge in [-0.05, 0) is 43.3 Å². The van der Waals surface area contributed by atoms with E-state index in [1.165, 1.54) is 4.90 Å². The molecule has 1 unspecified atom stereocenters. The first-order chi connectivity index (χ1) is 14.9. The zero-order chi connectivity index (χ0) is 22.4. The predicted octanol–water partition coefficient (Wildman–Crippen LogP) is 3.19. The number of likely N-dealkylation sites (N-methyl/N-ethyl adjacent to an activating group) is 1. The van der Waals surface area contributed by atoms with Crippen molar-refractivity contribution in [1.82, 2.24) is 15.0 Å². The Morgan fingerprint density at radius 2 is 1.65 bits per heavy atom. The fourth-order valence-corrected chi connectivity index (χ4v) is 2.91. The zero-order valence-corrected chi connectivity index (χ0v) is 18.1. The number of amides is 1. The maximum atomic E-state index is 12.7. The number of hydrogen-bond acceptors (Lipinski definition) is 8. The molecule has 9 heteroatoms. The standard InChI is InChI=1S/C22H25N3O6/c1-14(30-16-8-6-15(27-3)7-9-16)22(26)25(2)13-20-23-21(24-31-20)18-11-10-17(28-4)12-19(18)29-5/h6-12,14H,13H2,1-5H3. The van der Waals surface area contributed by atoms with E-state index in [2.05, 4.69) is 10.1 Å². The Bertz CT molecular complexity index is 1020. The van der Waals surface area contributed by atoms with Crippen LogP contribution in [0.3, 0.4) is 0 Å². The summed E-state index contributed by atoms with van der Waals surface area (Å²) in [6.07, 6.45) is -0.692. The van der Waals surface area contributed by atoms with Crippen LogP contribution in [0, 0.1) is 0 Å². The first-order valence-corrected chi connectivity index (χ1v) is 9.55. The fraction of sp³-hybridized carbons (Fsp3) is 0.318. The summed E-state index contributed by atoms with van der Waals surface area (Å²) in [5.74, 6) is 2.92. The number of methoxy groups -OCH3 is 3. The molecule has 0 saturated heterocycles. The summed E-state index contributed by atoms with van der Waals surface area (Å²) in [5.41, 5.74) is 0.656. The molecule has 164 valence electrons. The maximum absolute atomic E-state index is 12.7. The van der Waals surface area contributed by atoms with Gasteiger partial charge in [0.2, 0.25) is 11.7 Å². The summed E-state index contributed by atoms with van der Waals surface area (Å²) in [4.78, 5) is 18.5. The minimum Gasteiger partial charge on any atom is -0.497 e. The van der Waals surface area contributed by atoms with Crippen molar-refractivity contribution in [2.75, 3.05) is 28.4 Å². The van der Waals surface area contributed by atoms with Gasteiger partial charge in [0.15, 0.2) is 6.10 Å². The first-order valence-electron chi connectivity index (χ1n) is 9.55. The van der Waals surface area contributed by atoms with Gasteiger partial charge in [0.05, 0.1) is 33.4 Å². The monoisotopic (exact) mass is 427 g/mol. The number of carbonyl (C=O) groups is 1. The highest BCUT2D eigenvalue weighted by molar-refractivity contribution is 5.80. The van der Waals surface area contributed by atoms with Crippen LogP contribution >= 0.6 is 0 Å². The van der Waals surface area contributed by atoms with Gasteiger partial charge in [0, 0.05) is 13.1 Å². The molecule has 0 N–H and O–H groups in total. The lowest BCUT2D eigenvalue weighted by Crippen LogP contribution is -2.37. The predicted molar refractivity (Wildman–Crippen MR) is 112 cm³/mol. The van der Waals surface area contributed by atoms with Crippen LogP contribution < -0.4 is 18.9 Å². The highest BCUT2D eigenvalue weighted by atomic mass is 16.5. The first kappa shape index (κ1) is 21.9. The molecule has 1 heterocycles. The molecule has 0 aliphatic carbocycles. The van der Waals surface area contributed by atoms with Crippen LogP contribution in [0.2, 0.25) is 0 Å². The van der Waals surface area contributed by atoms with Gasteiger partial charge in [-0.25, -0.2) is 0 Å². The van der Waals surface area contributed by atoms with Gasteiger partial charge < -0.3 is 28.4 Å². The van der Waals surface area contributed by atoms with Crippen LogP contribution in [0.25, 0.3) is 11.4 Å². The third-order valence-electron chi connectivity index (χ3n) is 4.59. The molecule has 1 atom stereocenters. The third kappa shape index (κ3) is 5.25. The molecule has 0 fully saturated rings. The fourth-order valence-electron chi connectivity index (χ4n) is 2.91. The number of benzene rings is 2. The molecule has 0 saturated carbocycles. The number of rotatable bonds is 9. The average Bonchev–Trinajstić information content (AvgIpc) is 3.26. The average molecular weight is 427 g/mol. The van der Waals surface area contributed by atoms with Gasteiger partial charge in [0.25, 0.3) is 5.91 Å². The van der Waals surface area contributed by atoms with E-state index in [1.54, 1.807) is 77.8 Å². The normalized spacial score (nSPS) is 11.5.